The van der Waals surface area contributed by atoms with E-state index in [9.17, 15) is 4.79 Å². The lowest BCUT2D eigenvalue weighted by molar-refractivity contribution is -0.110. The number of benzene rings is 1. The van der Waals surface area contributed by atoms with E-state index < -0.39 is 5.41 Å². The minimum absolute atomic E-state index is 0.521. The summed E-state index contributed by atoms with van der Waals surface area (Å²) in [7, 11) is 0. The van der Waals surface area contributed by atoms with Crippen molar-refractivity contribution < 1.29 is 4.79 Å². The first-order valence-corrected chi connectivity index (χ1v) is 5.48. The van der Waals surface area contributed by atoms with E-state index in [-0.39, 0.29) is 0 Å². The van der Waals surface area contributed by atoms with Gasteiger partial charge in [0, 0.05) is 14.8 Å². The normalized spacial score (nSPS) is 24.4. The molecule has 2 nitrogen and oxygen atoms in total. The molecule has 1 aliphatic heterocycles. The highest BCUT2D eigenvalue weighted by molar-refractivity contribution is 14.1. The van der Waals surface area contributed by atoms with Crippen LogP contribution in [0.3, 0.4) is 0 Å². The van der Waals surface area contributed by atoms with E-state index in [4.69, 9.17) is 0 Å². The van der Waals surface area contributed by atoms with E-state index in [1.54, 1.807) is 0 Å². The molecule has 0 N–H and O–H groups in total. The molecule has 1 aromatic carbocycles. The van der Waals surface area contributed by atoms with Gasteiger partial charge in [-0.25, -0.2) is 0 Å². The maximum atomic E-state index is 11.2. The van der Waals surface area contributed by atoms with E-state index in [0.29, 0.717) is 0 Å². The summed E-state index contributed by atoms with van der Waals surface area (Å²) in [6.45, 7) is 3.83. The lowest BCUT2D eigenvalue weighted by Gasteiger charge is -2.19. The average molecular weight is 299 g/mol. The molecule has 2 rings (SSSR count). The summed E-state index contributed by atoms with van der Waals surface area (Å²) < 4.78 is 1.11. The van der Waals surface area contributed by atoms with Crippen LogP contribution in [0.4, 0.5) is 5.69 Å². The minimum Gasteiger partial charge on any atom is -0.302 e. The molecular formula is C11H10INO. The van der Waals surface area contributed by atoms with Crippen molar-refractivity contribution in [2.24, 2.45) is 4.99 Å². The lowest BCUT2D eigenvalue weighted by atomic mass is 9.82. The van der Waals surface area contributed by atoms with Gasteiger partial charge in [-0.2, -0.15) is 0 Å². The predicted octanol–water partition coefficient (Wildman–Crippen LogP) is 2.85. The van der Waals surface area contributed by atoms with Crippen LogP contribution in [0.2, 0.25) is 0 Å². The maximum Gasteiger partial charge on any atom is 0.136 e. The molecule has 1 atom stereocenters. The Balaban J connectivity index is 2.74. The molecule has 0 aliphatic carbocycles. The summed E-state index contributed by atoms with van der Waals surface area (Å²) in [6.07, 6.45) is 0.986. The van der Waals surface area contributed by atoms with Crippen LogP contribution in [0.1, 0.15) is 19.4 Å². The van der Waals surface area contributed by atoms with E-state index in [1.165, 1.54) is 0 Å². The number of carbonyl (C=O) groups is 1. The van der Waals surface area contributed by atoms with Crippen LogP contribution in [-0.4, -0.2) is 12.0 Å². The van der Waals surface area contributed by atoms with Gasteiger partial charge in [-0.15, -0.1) is 0 Å². The highest BCUT2D eigenvalue weighted by atomic mass is 127. The summed E-state index contributed by atoms with van der Waals surface area (Å²) in [4.78, 5) is 15.6. The molecule has 0 radical (unpaired) electrons. The summed E-state index contributed by atoms with van der Waals surface area (Å²) in [6, 6.07) is 5.93. The third-order valence-corrected chi connectivity index (χ3v) is 3.69. The Morgan fingerprint density at radius 2 is 2.21 bits per heavy atom. The van der Waals surface area contributed by atoms with Crippen LogP contribution in [0.25, 0.3) is 0 Å². The van der Waals surface area contributed by atoms with Crippen molar-refractivity contribution in [3.05, 3.63) is 27.3 Å². The third kappa shape index (κ3) is 1.15. The molecule has 1 unspecified atom stereocenters. The molecule has 1 heterocycles. The highest BCUT2D eigenvalue weighted by Crippen LogP contribution is 2.41. The van der Waals surface area contributed by atoms with Gasteiger partial charge < -0.3 is 4.79 Å². The Kier molecular flexibility index (Phi) is 2.21. The molecule has 1 aromatic rings. The molecule has 0 saturated heterocycles. The minimum atomic E-state index is -0.521. The number of rotatable bonds is 1. The van der Waals surface area contributed by atoms with Crippen LogP contribution in [0, 0.1) is 3.57 Å². The van der Waals surface area contributed by atoms with Crippen LogP contribution >= 0.6 is 22.6 Å². The smallest absolute Gasteiger partial charge is 0.136 e. The number of aldehydes is 1. The zero-order chi connectivity index (χ0) is 10.3. The van der Waals surface area contributed by atoms with Crippen molar-refractivity contribution in [2.75, 3.05) is 0 Å². The third-order valence-electron chi connectivity index (χ3n) is 2.79. The Hall–Kier alpha value is -0.710. The first-order chi connectivity index (χ1) is 6.59. The van der Waals surface area contributed by atoms with Gasteiger partial charge in [0.1, 0.15) is 6.29 Å². The summed E-state index contributed by atoms with van der Waals surface area (Å²) in [5.41, 5.74) is 2.34. The number of halogens is 1. The Morgan fingerprint density at radius 1 is 1.50 bits per heavy atom. The van der Waals surface area contributed by atoms with Crippen molar-refractivity contribution in [3.63, 3.8) is 0 Å². The molecule has 0 saturated carbocycles. The maximum absolute atomic E-state index is 11.2. The van der Waals surface area contributed by atoms with Crippen molar-refractivity contribution in [1.82, 2.24) is 0 Å². The molecule has 0 bridgehead atoms. The number of hydrogen-bond donors (Lipinski definition) is 0. The summed E-state index contributed by atoms with van der Waals surface area (Å²) in [5, 5.41) is 0. The van der Waals surface area contributed by atoms with Gasteiger partial charge in [-0.1, -0.05) is 6.07 Å². The summed E-state index contributed by atoms with van der Waals surface area (Å²) in [5.74, 6) is 0. The standard InChI is InChI=1S/C11H10INO/c1-7-11(2,6-14)10-8(12)4-3-5-9(10)13-7/h3-6H,1-2H3. The SMILES string of the molecule is CC1=Nc2cccc(I)c2C1(C)C=O. The van der Waals surface area contributed by atoms with Crippen molar-refractivity contribution in [1.29, 1.82) is 0 Å². The molecule has 0 fully saturated rings. The van der Waals surface area contributed by atoms with Crippen molar-refractivity contribution in [2.45, 2.75) is 19.3 Å². The van der Waals surface area contributed by atoms with Crippen LogP contribution < -0.4 is 0 Å². The number of aliphatic imine (C=N–C) groups is 1. The molecule has 0 aromatic heterocycles. The van der Waals surface area contributed by atoms with Gasteiger partial charge in [0.2, 0.25) is 0 Å². The fraction of sp³-hybridized carbons (Fsp3) is 0.273. The largest absolute Gasteiger partial charge is 0.302 e. The average Bonchev–Trinajstić information content (AvgIpc) is 2.41. The second-order valence-electron chi connectivity index (χ2n) is 3.65. The fourth-order valence-corrected chi connectivity index (χ4v) is 2.79. The number of carbonyl (C=O) groups excluding carboxylic acids is 1. The first-order valence-electron chi connectivity index (χ1n) is 4.40. The molecule has 14 heavy (non-hydrogen) atoms. The summed E-state index contributed by atoms with van der Waals surface area (Å²) >= 11 is 2.25. The van der Waals surface area contributed by atoms with E-state index in [0.717, 1.165) is 26.8 Å². The topological polar surface area (TPSA) is 29.4 Å². The first kappa shape index (κ1) is 9.83. The molecule has 3 heteroatoms. The van der Waals surface area contributed by atoms with E-state index >= 15 is 0 Å². The van der Waals surface area contributed by atoms with E-state index in [1.807, 2.05) is 32.0 Å². The number of nitrogens with zero attached hydrogens (tertiary/aromatic N) is 1. The Labute approximate surface area is 96.6 Å². The molecule has 0 spiro atoms. The van der Waals surface area contributed by atoms with Crippen LogP contribution in [0.5, 0.6) is 0 Å². The second-order valence-corrected chi connectivity index (χ2v) is 4.81. The van der Waals surface area contributed by atoms with Gasteiger partial charge in [-0.05, 0) is 48.6 Å². The second kappa shape index (κ2) is 3.15. The van der Waals surface area contributed by atoms with E-state index in [2.05, 4.69) is 27.6 Å². The van der Waals surface area contributed by atoms with Gasteiger partial charge in [0.15, 0.2) is 0 Å². The Morgan fingerprint density at radius 3 is 2.86 bits per heavy atom. The quantitative estimate of drug-likeness (QED) is 0.579. The van der Waals surface area contributed by atoms with Crippen LogP contribution in [-0.2, 0) is 10.2 Å². The molecule has 72 valence electrons. The lowest BCUT2D eigenvalue weighted by Crippen LogP contribution is -2.29. The zero-order valence-electron chi connectivity index (χ0n) is 8.04. The monoisotopic (exact) mass is 299 g/mol. The highest BCUT2D eigenvalue weighted by Gasteiger charge is 2.38. The van der Waals surface area contributed by atoms with Gasteiger partial charge in [0.25, 0.3) is 0 Å². The molecule has 0 amide bonds. The number of fused-ring (bicyclic) bond motifs is 1. The van der Waals surface area contributed by atoms with Gasteiger partial charge >= 0.3 is 0 Å². The molecule has 1 aliphatic rings. The fourth-order valence-electron chi connectivity index (χ4n) is 1.74. The predicted molar refractivity (Wildman–Crippen MR) is 65.3 cm³/mol. The Bertz CT molecular complexity index is 439. The van der Waals surface area contributed by atoms with Crippen molar-refractivity contribution >= 4 is 40.3 Å². The van der Waals surface area contributed by atoms with Gasteiger partial charge in [-0.3, -0.25) is 4.99 Å². The molecular weight excluding hydrogens is 289 g/mol. The van der Waals surface area contributed by atoms with Gasteiger partial charge in [0.05, 0.1) is 11.1 Å². The number of hydrogen-bond acceptors (Lipinski definition) is 2. The van der Waals surface area contributed by atoms with Crippen molar-refractivity contribution in [3.8, 4) is 0 Å². The zero-order valence-corrected chi connectivity index (χ0v) is 10.2. The van der Waals surface area contributed by atoms with Crippen LogP contribution in [0.15, 0.2) is 23.2 Å².